The molecule has 0 aliphatic carbocycles. The van der Waals surface area contributed by atoms with Crippen molar-refractivity contribution in [1.29, 1.82) is 0 Å². The lowest BCUT2D eigenvalue weighted by Gasteiger charge is -2.22. The lowest BCUT2D eigenvalue weighted by atomic mass is 10.1. The zero-order valence-corrected chi connectivity index (χ0v) is 15.7. The van der Waals surface area contributed by atoms with E-state index in [1.54, 1.807) is 0 Å². The molecule has 10 heteroatoms. The fourth-order valence-corrected chi connectivity index (χ4v) is 2.97. The molecule has 28 heavy (non-hydrogen) atoms. The summed E-state index contributed by atoms with van der Waals surface area (Å²) >= 11 is 0.951. The number of halogens is 3. The second-order valence-corrected chi connectivity index (χ2v) is 6.62. The predicted octanol–water partition coefficient (Wildman–Crippen LogP) is 3.09. The van der Waals surface area contributed by atoms with Crippen LogP contribution in [0.1, 0.15) is 21.5 Å². The number of nitrogens with two attached hydrogens (primary N) is 1. The minimum atomic E-state index is -4.56. The van der Waals surface area contributed by atoms with Crippen molar-refractivity contribution in [1.82, 2.24) is 4.90 Å². The highest BCUT2D eigenvalue weighted by Gasteiger charge is 2.33. The summed E-state index contributed by atoms with van der Waals surface area (Å²) in [5, 5.41) is 11.0. The highest BCUT2D eigenvalue weighted by molar-refractivity contribution is 7.98. The predicted molar refractivity (Wildman–Crippen MR) is 95.1 cm³/mol. The molecule has 0 heterocycles. The van der Waals surface area contributed by atoms with Gasteiger partial charge < -0.3 is 25.3 Å². The molecule has 150 valence electrons. The van der Waals surface area contributed by atoms with Gasteiger partial charge in [-0.3, -0.25) is 4.79 Å². The van der Waals surface area contributed by atoms with E-state index in [4.69, 9.17) is 10.5 Å². The van der Waals surface area contributed by atoms with Crippen LogP contribution in [-0.4, -0.2) is 30.2 Å². The number of benzene rings is 2. The number of hydrogen-bond donors (Lipinski definition) is 1. The Hall–Kier alpha value is -2.88. The van der Waals surface area contributed by atoms with Gasteiger partial charge in [0.15, 0.2) is 0 Å². The largest absolute Gasteiger partial charge is 0.530 e. The smallest absolute Gasteiger partial charge is 0.417 e. The first-order valence-corrected chi connectivity index (χ1v) is 9.03. The maximum atomic E-state index is 13.2. The van der Waals surface area contributed by atoms with Crippen LogP contribution in [0.25, 0.3) is 0 Å². The first-order chi connectivity index (χ1) is 13.0. The number of nitrogens with zero attached hydrogens (tertiary/aromatic N) is 1. The van der Waals surface area contributed by atoms with Gasteiger partial charge in [-0.15, -0.1) is 11.8 Å². The van der Waals surface area contributed by atoms with Gasteiger partial charge in [0.2, 0.25) is 5.91 Å². The lowest BCUT2D eigenvalue weighted by molar-refractivity contribution is -0.264. The first-order valence-electron chi connectivity index (χ1n) is 7.81. The Bertz CT molecular complexity index is 903. The molecule has 2 aromatic carbocycles. The fraction of sp³-hybridized carbons (Fsp3) is 0.222. The maximum absolute atomic E-state index is 13.2. The van der Waals surface area contributed by atoms with Crippen LogP contribution >= 0.6 is 11.8 Å². The van der Waals surface area contributed by atoms with E-state index in [0.717, 1.165) is 22.7 Å². The first kappa shape index (κ1) is 21.4. The summed E-state index contributed by atoms with van der Waals surface area (Å²) in [6, 6.07) is 7.51. The molecule has 0 saturated carbocycles. The minimum absolute atomic E-state index is 0.0424. The second kappa shape index (κ2) is 8.42. The van der Waals surface area contributed by atoms with E-state index in [1.807, 2.05) is 0 Å². The summed E-state index contributed by atoms with van der Waals surface area (Å²) in [7, 11) is 1.24. The molecule has 6 nitrogen and oxygen atoms in total. The number of carbonyl (C=O) groups is 2. The molecule has 0 saturated heterocycles. The normalized spacial score (nSPS) is 11.2. The van der Waals surface area contributed by atoms with Crippen molar-refractivity contribution in [3.8, 4) is 11.5 Å². The average Bonchev–Trinajstić information content (AvgIpc) is 2.62. The van der Waals surface area contributed by atoms with Crippen molar-refractivity contribution in [2.24, 2.45) is 5.73 Å². The van der Waals surface area contributed by atoms with Crippen LogP contribution in [0.15, 0.2) is 41.3 Å². The number of thioether (sulfide) groups is 1. The van der Waals surface area contributed by atoms with E-state index >= 15 is 0 Å². The summed E-state index contributed by atoms with van der Waals surface area (Å²) in [6.45, 7) is -0.214. The van der Waals surface area contributed by atoms with Crippen LogP contribution in [0.5, 0.6) is 11.5 Å². The number of alkyl halides is 3. The molecule has 2 N–H and O–H groups in total. The Morgan fingerprint density at radius 3 is 2.43 bits per heavy atom. The summed E-state index contributed by atoms with van der Waals surface area (Å²) in [6.07, 6.45) is -4.51. The van der Waals surface area contributed by atoms with E-state index in [2.05, 4.69) is 0 Å². The van der Waals surface area contributed by atoms with E-state index in [0.29, 0.717) is 0 Å². The Balaban J connectivity index is 2.45. The molecular weight excluding hydrogens is 397 g/mol. The van der Waals surface area contributed by atoms with Crippen molar-refractivity contribution < 1.29 is 32.6 Å². The second-order valence-electron chi connectivity index (χ2n) is 5.77. The number of amides is 2. The summed E-state index contributed by atoms with van der Waals surface area (Å²) in [4.78, 5) is 23.2. The van der Waals surface area contributed by atoms with Gasteiger partial charge in [-0.1, -0.05) is 0 Å². The van der Waals surface area contributed by atoms with Crippen LogP contribution in [0.3, 0.4) is 0 Å². The number of ether oxygens (including phenoxy) is 1. The number of carbonyl (C=O) groups excluding carboxylic acids is 2. The monoisotopic (exact) mass is 413 g/mol. The molecule has 0 aliphatic heterocycles. The zero-order chi connectivity index (χ0) is 21.1. The van der Waals surface area contributed by atoms with Crippen LogP contribution in [0, 0.1) is 0 Å². The number of hydrogen-bond acceptors (Lipinski definition) is 5. The van der Waals surface area contributed by atoms with Crippen molar-refractivity contribution in [3.63, 3.8) is 0 Å². The number of carboxylic acid groups (broad SMARTS) is 1. The van der Waals surface area contributed by atoms with Crippen LogP contribution in [0.2, 0.25) is 0 Å². The van der Waals surface area contributed by atoms with Gasteiger partial charge in [0, 0.05) is 29.6 Å². The maximum Gasteiger partial charge on any atom is 0.417 e. The molecule has 0 bridgehead atoms. The topological polar surface area (TPSA) is 95.7 Å². The fourth-order valence-electron chi connectivity index (χ4n) is 2.37. The molecule has 0 spiro atoms. The van der Waals surface area contributed by atoms with Gasteiger partial charge in [0.25, 0.3) is 0 Å². The molecule has 0 unspecified atom stereocenters. The highest BCUT2D eigenvalue weighted by Crippen LogP contribution is 2.39. The minimum Gasteiger partial charge on any atom is -0.530 e. The van der Waals surface area contributed by atoms with E-state index < -0.39 is 23.7 Å². The molecule has 0 fully saturated rings. The SMILES string of the molecule is CSc1ccc(Oc2ccc(C(N)=O)cc2CN(C)C(=O)[O-])cc1C(F)(F)F. The summed E-state index contributed by atoms with van der Waals surface area (Å²) in [5.41, 5.74) is 4.72. The van der Waals surface area contributed by atoms with Crippen molar-refractivity contribution >= 4 is 23.8 Å². The quantitative estimate of drug-likeness (QED) is 0.735. The Kier molecular flexibility index (Phi) is 6.45. The van der Waals surface area contributed by atoms with Gasteiger partial charge in [-0.2, -0.15) is 13.2 Å². The molecule has 0 atom stereocenters. The molecule has 2 rings (SSSR count). The Morgan fingerprint density at radius 1 is 1.21 bits per heavy atom. The van der Waals surface area contributed by atoms with Gasteiger partial charge in [-0.25, -0.2) is 0 Å². The third-order valence-corrected chi connectivity index (χ3v) is 4.56. The van der Waals surface area contributed by atoms with Crippen LogP contribution < -0.4 is 15.6 Å². The third kappa shape index (κ3) is 5.10. The molecule has 2 amide bonds. The lowest BCUT2D eigenvalue weighted by Crippen LogP contribution is -2.37. The van der Waals surface area contributed by atoms with Crippen LogP contribution in [0.4, 0.5) is 18.0 Å². The summed E-state index contributed by atoms with van der Waals surface area (Å²) in [5.74, 6) is -0.745. The third-order valence-electron chi connectivity index (χ3n) is 3.77. The van der Waals surface area contributed by atoms with E-state index in [-0.39, 0.29) is 34.1 Å². The molecule has 0 radical (unpaired) electrons. The summed E-state index contributed by atoms with van der Waals surface area (Å²) < 4.78 is 45.3. The van der Waals surface area contributed by atoms with E-state index in [1.165, 1.54) is 43.6 Å². The molecule has 0 aliphatic rings. The zero-order valence-electron chi connectivity index (χ0n) is 14.9. The van der Waals surface area contributed by atoms with Gasteiger partial charge in [0.05, 0.1) is 5.56 Å². The average molecular weight is 413 g/mol. The van der Waals surface area contributed by atoms with Crippen molar-refractivity contribution in [3.05, 3.63) is 53.1 Å². The Morgan fingerprint density at radius 2 is 1.89 bits per heavy atom. The van der Waals surface area contributed by atoms with Gasteiger partial charge in [0.1, 0.15) is 17.6 Å². The number of primary amides is 1. The van der Waals surface area contributed by atoms with Gasteiger partial charge >= 0.3 is 6.18 Å². The highest BCUT2D eigenvalue weighted by atomic mass is 32.2. The van der Waals surface area contributed by atoms with Crippen molar-refractivity contribution in [2.45, 2.75) is 17.6 Å². The Labute approximate surface area is 163 Å². The molecular formula is C18H16F3N2O4S-. The van der Waals surface area contributed by atoms with Gasteiger partial charge in [-0.05, 0) is 42.7 Å². The van der Waals surface area contributed by atoms with E-state index in [9.17, 15) is 27.9 Å². The molecule has 2 aromatic rings. The standard InChI is InChI=1S/C18H17F3N2O4S/c1-23(17(25)26)9-11-7-10(16(22)24)3-5-14(11)27-12-4-6-15(28-2)13(8-12)18(19,20)21/h3-8H,9H2,1-2H3,(H2,22,24)(H,25,26)/p-1. The van der Waals surface area contributed by atoms with Crippen molar-refractivity contribution in [2.75, 3.05) is 13.3 Å². The number of rotatable bonds is 6. The van der Waals surface area contributed by atoms with Crippen LogP contribution in [-0.2, 0) is 12.7 Å². The molecule has 0 aromatic heterocycles.